The third-order valence-corrected chi connectivity index (χ3v) is 5.01. The molecule has 0 fully saturated rings. The number of halogens is 2. The molecular weight excluding hydrogens is 419 g/mol. The molecule has 0 spiro atoms. The molecular formula is C18H18BrFN4O3. The van der Waals surface area contributed by atoms with E-state index in [-0.39, 0.29) is 24.1 Å². The fraction of sp³-hybridized carbons (Fsp3) is 0.278. The lowest BCUT2D eigenvalue weighted by atomic mass is 9.84. The standard InChI is InChI=1S/C18H18BrFN4O3/c1-23-16(26)18(22-17(23)21,11-4-3-5-13(19)8-11)12-9-14(15(25)27-2)24(10-12)7-6-20/h3-5,8-10H,6-7H2,1-2H3,(H2,21,22). The fourth-order valence-corrected chi connectivity index (χ4v) is 3.56. The van der Waals surface area contributed by atoms with Crippen molar-refractivity contribution in [3.63, 3.8) is 0 Å². The average Bonchev–Trinajstić information content (AvgIpc) is 3.17. The lowest BCUT2D eigenvalue weighted by Crippen LogP contribution is -2.41. The lowest BCUT2D eigenvalue weighted by Gasteiger charge is -2.25. The van der Waals surface area contributed by atoms with Crippen molar-refractivity contribution < 1.29 is 18.7 Å². The summed E-state index contributed by atoms with van der Waals surface area (Å²) in [6.45, 7) is -0.733. The number of esters is 1. The van der Waals surface area contributed by atoms with Gasteiger partial charge >= 0.3 is 5.97 Å². The number of nitrogens with zero attached hydrogens (tertiary/aromatic N) is 3. The summed E-state index contributed by atoms with van der Waals surface area (Å²) in [4.78, 5) is 31.0. The van der Waals surface area contributed by atoms with Gasteiger partial charge in [0.15, 0.2) is 11.5 Å². The van der Waals surface area contributed by atoms with E-state index in [9.17, 15) is 14.0 Å². The predicted octanol–water partition coefficient (Wildman–Crippen LogP) is 2.04. The molecule has 1 unspecified atom stereocenters. The number of ether oxygens (including phenoxy) is 1. The van der Waals surface area contributed by atoms with Crippen LogP contribution in [0.4, 0.5) is 4.39 Å². The molecule has 1 atom stereocenters. The highest BCUT2D eigenvalue weighted by molar-refractivity contribution is 9.10. The Morgan fingerprint density at radius 3 is 2.67 bits per heavy atom. The van der Waals surface area contributed by atoms with Crippen LogP contribution in [0, 0.1) is 0 Å². The normalized spacial score (nSPS) is 19.3. The molecule has 0 saturated heterocycles. The number of carbonyl (C=O) groups excluding carboxylic acids is 2. The van der Waals surface area contributed by atoms with Crippen LogP contribution < -0.4 is 5.73 Å². The molecule has 1 aromatic heterocycles. The minimum Gasteiger partial charge on any atom is -0.464 e. The van der Waals surface area contributed by atoms with Crippen LogP contribution in [0.25, 0.3) is 0 Å². The van der Waals surface area contributed by atoms with Crippen LogP contribution in [0.3, 0.4) is 0 Å². The van der Waals surface area contributed by atoms with E-state index in [0.717, 1.165) is 4.47 Å². The van der Waals surface area contributed by atoms with Gasteiger partial charge in [-0.05, 0) is 23.8 Å². The van der Waals surface area contributed by atoms with Crippen molar-refractivity contribution in [3.8, 4) is 0 Å². The maximum atomic E-state index is 13.2. The number of nitrogens with two attached hydrogens (primary N) is 1. The molecule has 0 radical (unpaired) electrons. The summed E-state index contributed by atoms with van der Waals surface area (Å²) in [5.74, 6) is -0.945. The van der Waals surface area contributed by atoms with E-state index >= 15 is 0 Å². The fourth-order valence-electron chi connectivity index (χ4n) is 3.16. The van der Waals surface area contributed by atoms with Crippen molar-refractivity contribution >= 4 is 33.8 Å². The molecule has 0 saturated carbocycles. The van der Waals surface area contributed by atoms with Crippen LogP contribution in [-0.4, -0.2) is 48.1 Å². The van der Waals surface area contributed by atoms with Gasteiger partial charge in [-0.3, -0.25) is 9.69 Å². The number of rotatable bonds is 5. The van der Waals surface area contributed by atoms with Gasteiger partial charge in [0.1, 0.15) is 12.4 Å². The Hall–Kier alpha value is -2.68. The quantitative estimate of drug-likeness (QED) is 0.726. The molecule has 1 aromatic carbocycles. The van der Waals surface area contributed by atoms with E-state index in [1.165, 1.54) is 29.7 Å². The van der Waals surface area contributed by atoms with Gasteiger partial charge < -0.3 is 15.0 Å². The van der Waals surface area contributed by atoms with Crippen LogP contribution in [0.1, 0.15) is 21.6 Å². The number of aromatic nitrogens is 1. The van der Waals surface area contributed by atoms with E-state index < -0.39 is 18.2 Å². The smallest absolute Gasteiger partial charge is 0.354 e. The Morgan fingerprint density at radius 1 is 1.37 bits per heavy atom. The Labute approximate surface area is 163 Å². The molecule has 1 amide bonds. The summed E-state index contributed by atoms with van der Waals surface area (Å²) >= 11 is 3.40. The molecule has 2 aromatic rings. The minimum absolute atomic E-state index is 0.0533. The zero-order valence-corrected chi connectivity index (χ0v) is 16.4. The Kier molecular flexibility index (Phi) is 5.05. The Morgan fingerprint density at radius 2 is 2.11 bits per heavy atom. The van der Waals surface area contributed by atoms with Gasteiger partial charge in [-0.25, -0.2) is 14.2 Å². The summed E-state index contributed by atoms with van der Waals surface area (Å²) in [6.07, 6.45) is 1.54. The third-order valence-electron chi connectivity index (χ3n) is 4.52. The van der Waals surface area contributed by atoms with Gasteiger partial charge in [0.25, 0.3) is 5.91 Å². The molecule has 7 nitrogen and oxygen atoms in total. The van der Waals surface area contributed by atoms with Gasteiger partial charge in [-0.2, -0.15) is 0 Å². The number of methoxy groups -OCH3 is 1. The average molecular weight is 437 g/mol. The monoisotopic (exact) mass is 436 g/mol. The highest BCUT2D eigenvalue weighted by Gasteiger charge is 2.50. The predicted molar refractivity (Wildman–Crippen MR) is 101 cm³/mol. The minimum atomic E-state index is -1.47. The first-order chi connectivity index (χ1) is 12.8. The summed E-state index contributed by atoms with van der Waals surface area (Å²) in [5, 5.41) is 0. The molecule has 142 valence electrons. The molecule has 3 rings (SSSR count). The summed E-state index contributed by atoms with van der Waals surface area (Å²) in [6, 6.07) is 8.61. The zero-order valence-electron chi connectivity index (χ0n) is 14.8. The van der Waals surface area contributed by atoms with Crippen LogP contribution in [-0.2, 0) is 21.6 Å². The van der Waals surface area contributed by atoms with Crippen molar-refractivity contribution in [2.45, 2.75) is 12.1 Å². The number of hydrogen-bond acceptors (Lipinski definition) is 5. The van der Waals surface area contributed by atoms with Gasteiger partial charge in [0.05, 0.1) is 13.7 Å². The van der Waals surface area contributed by atoms with E-state index in [1.54, 1.807) is 24.4 Å². The lowest BCUT2D eigenvalue weighted by molar-refractivity contribution is -0.129. The second-order valence-electron chi connectivity index (χ2n) is 6.04. The maximum absolute atomic E-state index is 13.2. The number of amides is 1. The molecule has 9 heteroatoms. The van der Waals surface area contributed by atoms with Crippen molar-refractivity contribution in [1.82, 2.24) is 9.47 Å². The van der Waals surface area contributed by atoms with E-state index in [0.29, 0.717) is 11.1 Å². The van der Waals surface area contributed by atoms with Crippen molar-refractivity contribution in [3.05, 3.63) is 57.8 Å². The summed E-state index contributed by atoms with van der Waals surface area (Å²) in [5.41, 5.74) is 5.58. The maximum Gasteiger partial charge on any atom is 0.354 e. The third kappa shape index (κ3) is 3.01. The number of carbonyl (C=O) groups is 2. The van der Waals surface area contributed by atoms with Crippen LogP contribution >= 0.6 is 15.9 Å². The zero-order chi connectivity index (χ0) is 19.8. The molecule has 2 heterocycles. The first-order valence-electron chi connectivity index (χ1n) is 8.09. The van der Waals surface area contributed by atoms with Gasteiger partial charge in [-0.1, -0.05) is 28.1 Å². The Bertz CT molecular complexity index is 942. The molecule has 27 heavy (non-hydrogen) atoms. The number of hydrogen-bond donors (Lipinski definition) is 1. The largest absolute Gasteiger partial charge is 0.464 e. The topological polar surface area (TPSA) is 89.9 Å². The molecule has 0 bridgehead atoms. The molecule has 0 aliphatic carbocycles. The molecule has 1 aliphatic rings. The first-order valence-corrected chi connectivity index (χ1v) is 8.89. The SMILES string of the molecule is COC(=O)c1cc(C2(c3cccc(Br)c3)N=C(N)N(C)C2=O)cn1CCF. The highest BCUT2D eigenvalue weighted by atomic mass is 79.9. The number of likely N-dealkylation sites (N-methyl/N-ethyl adjacent to an activating group) is 1. The van der Waals surface area contributed by atoms with Crippen LogP contribution in [0.2, 0.25) is 0 Å². The summed E-state index contributed by atoms with van der Waals surface area (Å²) < 4.78 is 19.9. The van der Waals surface area contributed by atoms with Crippen LogP contribution in [0.5, 0.6) is 0 Å². The first kappa shape index (κ1) is 19.1. The number of benzene rings is 1. The number of guanidine groups is 1. The van der Waals surface area contributed by atoms with Crippen molar-refractivity contribution in [2.24, 2.45) is 10.7 Å². The van der Waals surface area contributed by atoms with E-state index in [4.69, 9.17) is 10.5 Å². The Balaban J connectivity index is 2.28. The van der Waals surface area contributed by atoms with Crippen molar-refractivity contribution in [1.29, 1.82) is 0 Å². The molecule has 2 N–H and O–H groups in total. The van der Waals surface area contributed by atoms with Gasteiger partial charge in [0, 0.05) is 23.3 Å². The number of aryl methyl sites for hydroxylation is 1. The van der Waals surface area contributed by atoms with Crippen LogP contribution in [0.15, 0.2) is 46.0 Å². The molecule has 1 aliphatic heterocycles. The van der Waals surface area contributed by atoms with E-state index in [2.05, 4.69) is 20.9 Å². The second kappa shape index (κ2) is 7.15. The van der Waals surface area contributed by atoms with Crippen molar-refractivity contribution in [2.75, 3.05) is 20.8 Å². The number of aliphatic imine (C=N–C) groups is 1. The van der Waals surface area contributed by atoms with Gasteiger partial charge in [-0.15, -0.1) is 0 Å². The second-order valence-corrected chi connectivity index (χ2v) is 6.96. The van der Waals surface area contributed by atoms with E-state index in [1.807, 2.05) is 6.07 Å². The van der Waals surface area contributed by atoms with Gasteiger partial charge in [0.2, 0.25) is 0 Å². The highest BCUT2D eigenvalue weighted by Crippen LogP contribution is 2.40. The number of alkyl halides is 1. The summed E-state index contributed by atoms with van der Waals surface area (Å²) in [7, 11) is 2.77.